The molecule has 27 heavy (non-hydrogen) atoms. The molecule has 1 atom stereocenters. The molecule has 0 unspecified atom stereocenters. The number of aryl methyl sites for hydroxylation is 2. The SMILES string of the molecule is CC[C@H](Oc1ccc2c(c1)CCCC2)C(=O)NCCSc1ccc(Cl)cc1. The zero-order valence-electron chi connectivity index (χ0n) is 15.7. The minimum absolute atomic E-state index is 0.0491. The molecular weight excluding hydrogens is 378 g/mol. The van der Waals surface area contributed by atoms with Crippen molar-refractivity contribution in [2.75, 3.05) is 12.3 Å². The Hall–Kier alpha value is -1.65. The number of benzene rings is 2. The second kappa shape index (κ2) is 10.0. The average Bonchev–Trinajstić information content (AvgIpc) is 2.70. The van der Waals surface area contributed by atoms with E-state index in [1.807, 2.05) is 37.3 Å². The van der Waals surface area contributed by atoms with Crippen LogP contribution in [0, 0.1) is 0 Å². The number of hydrogen-bond acceptors (Lipinski definition) is 3. The van der Waals surface area contributed by atoms with E-state index < -0.39 is 6.10 Å². The molecule has 1 aliphatic carbocycles. The molecule has 3 nitrogen and oxygen atoms in total. The van der Waals surface area contributed by atoms with Gasteiger partial charge in [0.2, 0.25) is 0 Å². The lowest BCUT2D eigenvalue weighted by atomic mass is 9.92. The Kier molecular flexibility index (Phi) is 7.48. The minimum Gasteiger partial charge on any atom is -0.481 e. The lowest BCUT2D eigenvalue weighted by Gasteiger charge is -2.20. The van der Waals surface area contributed by atoms with Gasteiger partial charge in [-0.2, -0.15) is 0 Å². The van der Waals surface area contributed by atoms with Crippen LogP contribution in [0.15, 0.2) is 47.4 Å². The monoisotopic (exact) mass is 403 g/mol. The van der Waals surface area contributed by atoms with Crippen molar-refractivity contribution in [3.8, 4) is 5.75 Å². The highest BCUT2D eigenvalue weighted by Crippen LogP contribution is 2.26. The molecule has 0 spiro atoms. The molecule has 0 heterocycles. The molecule has 1 N–H and O–H groups in total. The van der Waals surface area contributed by atoms with Gasteiger partial charge in [0, 0.05) is 22.2 Å². The van der Waals surface area contributed by atoms with Crippen LogP contribution in [0.3, 0.4) is 0 Å². The summed E-state index contributed by atoms with van der Waals surface area (Å²) >= 11 is 7.59. The number of hydrogen-bond donors (Lipinski definition) is 1. The Morgan fingerprint density at radius 1 is 1.15 bits per heavy atom. The summed E-state index contributed by atoms with van der Waals surface area (Å²) in [5, 5.41) is 3.72. The van der Waals surface area contributed by atoms with Crippen LogP contribution in [0.25, 0.3) is 0 Å². The van der Waals surface area contributed by atoms with Gasteiger partial charge in [-0.1, -0.05) is 24.6 Å². The summed E-state index contributed by atoms with van der Waals surface area (Å²) < 4.78 is 5.99. The number of fused-ring (bicyclic) bond motifs is 1. The van der Waals surface area contributed by atoms with Gasteiger partial charge in [0.05, 0.1) is 0 Å². The number of amides is 1. The zero-order chi connectivity index (χ0) is 19.1. The molecule has 5 heteroatoms. The largest absolute Gasteiger partial charge is 0.481 e. The standard InChI is InChI=1S/C22H26ClNO2S/c1-2-21(26-19-10-7-16-5-3-4-6-17(16)15-19)22(25)24-13-14-27-20-11-8-18(23)9-12-20/h7-12,15,21H,2-6,13-14H2,1H3,(H,24,25)/t21-/m0/s1. The molecule has 2 aromatic carbocycles. The van der Waals surface area contributed by atoms with Gasteiger partial charge in [0.1, 0.15) is 5.75 Å². The third-order valence-electron chi connectivity index (χ3n) is 4.75. The predicted octanol–water partition coefficient (Wildman–Crippen LogP) is 5.28. The fourth-order valence-corrected chi connectivity index (χ4v) is 4.15. The Balaban J connectivity index is 1.46. The van der Waals surface area contributed by atoms with Crippen LogP contribution in [0.5, 0.6) is 5.75 Å². The summed E-state index contributed by atoms with van der Waals surface area (Å²) in [7, 11) is 0. The molecule has 0 radical (unpaired) electrons. The van der Waals surface area contributed by atoms with Gasteiger partial charge in [-0.15, -0.1) is 11.8 Å². The number of ether oxygens (including phenoxy) is 1. The molecule has 0 bridgehead atoms. The van der Waals surface area contributed by atoms with E-state index in [2.05, 4.69) is 17.4 Å². The maximum absolute atomic E-state index is 12.5. The Morgan fingerprint density at radius 2 is 1.89 bits per heavy atom. The van der Waals surface area contributed by atoms with Crippen LogP contribution in [0.1, 0.15) is 37.3 Å². The quantitative estimate of drug-likeness (QED) is 0.481. The summed E-state index contributed by atoms with van der Waals surface area (Å²) in [5.74, 6) is 1.56. The van der Waals surface area contributed by atoms with Crippen LogP contribution in [-0.2, 0) is 17.6 Å². The Labute approximate surface area is 170 Å². The molecular formula is C22H26ClNO2S. The minimum atomic E-state index is -0.452. The van der Waals surface area contributed by atoms with E-state index in [4.69, 9.17) is 16.3 Å². The van der Waals surface area contributed by atoms with Crippen LogP contribution in [0.2, 0.25) is 5.02 Å². The van der Waals surface area contributed by atoms with Gasteiger partial charge >= 0.3 is 0 Å². The van der Waals surface area contributed by atoms with Crippen molar-refractivity contribution in [3.05, 3.63) is 58.6 Å². The fraction of sp³-hybridized carbons (Fsp3) is 0.409. The second-order valence-electron chi connectivity index (χ2n) is 6.75. The van der Waals surface area contributed by atoms with Gasteiger partial charge < -0.3 is 10.1 Å². The number of nitrogens with one attached hydrogen (secondary N) is 1. The maximum Gasteiger partial charge on any atom is 0.261 e. The van der Waals surface area contributed by atoms with Gasteiger partial charge in [-0.3, -0.25) is 4.79 Å². The van der Waals surface area contributed by atoms with E-state index in [1.54, 1.807) is 11.8 Å². The van der Waals surface area contributed by atoms with Crippen LogP contribution < -0.4 is 10.1 Å². The molecule has 0 aromatic heterocycles. The third kappa shape index (κ3) is 5.91. The normalized spacial score (nSPS) is 14.3. The van der Waals surface area contributed by atoms with Crippen molar-refractivity contribution >= 4 is 29.3 Å². The van der Waals surface area contributed by atoms with E-state index in [-0.39, 0.29) is 5.91 Å². The maximum atomic E-state index is 12.5. The molecule has 1 amide bonds. The number of carbonyl (C=O) groups excluding carboxylic acids is 1. The first-order chi connectivity index (χ1) is 13.2. The second-order valence-corrected chi connectivity index (χ2v) is 8.35. The fourth-order valence-electron chi connectivity index (χ4n) is 3.26. The van der Waals surface area contributed by atoms with Crippen molar-refractivity contribution in [2.45, 2.75) is 50.0 Å². The highest BCUT2D eigenvalue weighted by Gasteiger charge is 2.19. The molecule has 3 rings (SSSR count). The molecule has 144 valence electrons. The third-order valence-corrected chi connectivity index (χ3v) is 6.01. The smallest absolute Gasteiger partial charge is 0.261 e. The summed E-state index contributed by atoms with van der Waals surface area (Å²) in [6.45, 7) is 2.58. The van der Waals surface area contributed by atoms with E-state index in [9.17, 15) is 4.79 Å². The van der Waals surface area contributed by atoms with E-state index in [0.717, 1.165) is 34.3 Å². The van der Waals surface area contributed by atoms with Crippen molar-refractivity contribution < 1.29 is 9.53 Å². The first kappa shape index (κ1) is 20.1. The molecule has 0 fully saturated rings. The Bertz CT molecular complexity index is 763. The van der Waals surface area contributed by atoms with Crippen molar-refractivity contribution in [1.29, 1.82) is 0 Å². The van der Waals surface area contributed by atoms with Crippen LogP contribution in [0.4, 0.5) is 0 Å². The van der Waals surface area contributed by atoms with Crippen LogP contribution >= 0.6 is 23.4 Å². The zero-order valence-corrected chi connectivity index (χ0v) is 17.2. The van der Waals surface area contributed by atoms with Gasteiger partial charge in [0.25, 0.3) is 5.91 Å². The highest BCUT2D eigenvalue weighted by molar-refractivity contribution is 7.99. The van der Waals surface area contributed by atoms with Crippen molar-refractivity contribution in [1.82, 2.24) is 5.32 Å². The molecule has 0 saturated heterocycles. The lowest BCUT2D eigenvalue weighted by molar-refractivity contribution is -0.127. The predicted molar refractivity (Wildman–Crippen MR) is 113 cm³/mol. The number of halogens is 1. The highest BCUT2D eigenvalue weighted by atomic mass is 35.5. The van der Waals surface area contributed by atoms with Crippen LogP contribution in [-0.4, -0.2) is 24.3 Å². The van der Waals surface area contributed by atoms with E-state index in [1.165, 1.54) is 24.0 Å². The van der Waals surface area contributed by atoms with Gasteiger partial charge in [0.15, 0.2) is 6.10 Å². The molecule has 0 saturated carbocycles. The Morgan fingerprint density at radius 3 is 2.63 bits per heavy atom. The molecule has 0 aliphatic heterocycles. The van der Waals surface area contributed by atoms with E-state index >= 15 is 0 Å². The van der Waals surface area contributed by atoms with Crippen molar-refractivity contribution in [3.63, 3.8) is 0 Å². The summed E-state index contributed by atoms with van der Waals surface area (Å²) in [6.07, 6.45) is 4.95. The average molecular weight is 404 g/mol. The van der Waals surface area contributed by atoms with Gasteiger partial charge in [-0.25, -0.2) is 0 Å². The first-order valence-corrected chi connectivity index (χ1v) is 11.0. The number of rotatable bonds is 8. The summed E-state index contributed by atoms with van der Waals surface area (Å²) in [6, 6.07) is 14.0. The van der Waals surface area contributed by atoms with Crippen molar-refractivity contribution in [2.24, 2.45) is 0 Å². The number of carbonyl (C=O) groups is 1. The number of thioether (sulfide) groups is 1. The van der Waals surface area contributed by atoms with Gasteiger partial charge in [-0.05, 0) is 79.6 Å². The summed E-state index contributed by atoms with van der Waals surface area (Å²) in [4.78, 5) is 13.6. The molecule has 2 aromatic rings. The topological polar surface area (TPSA) is 38.3 Å². The first-order valence-electron chi connectivity index (χ1n) is 9.60. The molecule has 1 aliphatic rings. The van der Waals surface area contributed by atoms with E-state index in [0.29, 0.717) is 13.0 Å². The lowest BCUT2D eigenvalue weighted by Crippen LogP contribution is -2.39. The summed E-state index contributed by atoms with van der Waals surface area (Å²) in [5.41, 5.74) is 2.79.